The van der Waals surface area contributed by atoms with Gasteiger partial charge in [-0.2, -0.15) is 0 Å². The van der Waals surface area contributed by atoms with Crippen LogP contribution in [0.25, 0.3) is 11.3 Å². The third-order valence-electron chi connectivity index (χ3n) is 3.89. The second-order valence-electron chi connectivity index (χ2n) is 5.52. The van der Waals surface area contributed by atoms with Crippen molar-refractivity contribution in [2.75, 3.05) is 6.79 Å². The molecule has 124 valence electrons. The van der Waals surface area contributed by atoms with Crippen LogP contribution >= 0.6 is 0 Å². The van der Waals surface area contributed by atoms with Crippen LogP contribution in [0.5, 0.6) is 11.5 Å². The minimum absolute atomic E-state index is 0.225. The maximum atomic E-state index is 12.6. The van der Waals surface area contributed by atoms with Gasteiger partial charge in [-0.1, -0.05) is 36.4 Å². The van der Waals surface area contributed by atoms with Crippen molar-refractivity contribution >= 4 is 5.91 Å². The number of hydrogen-bond acceptors (Lipinski definition) is 5. The Bertz CT molecular complexity index is 913. The zero-order chi connectivity index (χ0) is 17.1. The Kier molecular flexibility index (Phi) is 4.00. The molecule has 25 heavy (non-hydrogen) atoms. The molecule has 1 aliphatic rings. The molecule has 4 rings (SSSR count). The number of benzene rings is 2. The number of rotatable bonds is 4. The number of carbonyl (C=O) groups is 1. The van der Waals surface area contributed by atoms with E-state index in [-0.39, 0.29) is 12.7 Å². The lowest BCUT2D eigenvalue weighted by Gasteiger charge is -2.09. The SMILES string of the molecule is O=C(NCc1ccc2c(c1)OCO2)c1cncnc1-c1ccccc1. The fraction of sp³-hybridized carbons (Fsp3) is 0.105. The monoisotopic (exact) mass is 333 g/mol. The molecule has 0 unspecified atom stereocenters. The fourth-order valence-electron chi connectivity index (χ4n) is 2.65. The predicted octanol–water partition coefficient (Wildman–Crippen LogP) is 2.80. The Labute approximate surface area is 144 Å². The molecule has 6 nitrogen and oxygen atoms in total. The molecule has 0 radical (unpaired) electrons. The van der Waals surface area contributed by atoms with E-state index >= 15 is 0 Å². The van der Waals surface area contributed by atoms with Crippen molar-refractivity contribution in [3.63, 3.8) is 0 Å². The van der Waals surface area contributed by atoms with Gasteiger partial charge in [-0.05, 0) is 17.7 Å². The highest BCUT2D eigenvalue weighted by molar-refractivity contribution is 5.99. The zero-order valence-electron chi connectivity index (χ0n) is 13.3. The largest absolute Gasteiger partial charge is 0.454 e. The van der Waals surface area contributed by atoms with Gasteiger partial charge >= 0.3 is 0 Å². The molecule has 0 bridgehead atoms. The normalized spacial score (nSPS) is 12.0. The van der Waals surface area contributed by atoms with Crippen LogP contribution in [0.2, 0.25) is 0 Å². The van der Waals surface area contributed by atoms with E-state index in [4.69, 9.17) is 9.47 Å². The van der Waals surface area contributed by atoms with Gasteiger partial charge in [-0.25, -0.2) is 9.97 Å². The molecule has 6 heteroatoms. The van der Waals surface area contributed by atoms with E-state index in [2.05, 4.69) is 15.3 Å². The summed E-state index contributed by atoms with van der Waals surface area (Å²) in [6.45, 7) is 0.603. The second-order valence-corrected chi connectivity index (χ2v) is 5.52. The van der Waals surface area contributed by atoms with Crippen LogP contribution in [0.1, 0.15) is 15.9 Å². The van der Waals surface area contributed by atoms with Gasteiger partial charge < -0.3 is 14.8 Å². The molecule has 0 fully saturated rings. The second kappa shape index (κ2) is 6.60. The summed E-state index contributed by atoms with van der Waals surface area (Å²) in [5.74, 6) is 1.19. The molecule has 2 aromatic carbocycles. The van der Waals surface area contributed by atoms with Crippen molar-refractivity contribution < 1.29 is 14.3 Å². The molecule has 0 saturated carbocycles. The molecule has 0 spiro atoms. The predicted molar refractivity (Wildman–Crippen MR) is 91.2 cm³/mol. The van der Waals surface area contributed by atoms with E-state index in [0.29, 0.717) is 23.6 Å². The molecule has 2 heterocycles. The number of aromatic nitrogens is 2. The first-order chi connectivity index (χ1) is 12.3. The van der Waals surface area contributed by atoms with Crippen LogP contribution in [-0.2, 0) is 6.54 Å². The Hall–Kier alpha value is -3.41. The summed E-state index contributed by atoms with van der Waals surface area (Å²) in [5, 5.41) is 2.90. The van der Waals surface area contributed by atoms with Crippen LogP contribution in [0.15, 0.2) is 61.1 Å². The molecule has 0 atom stereocenters. The molecular formula is C19H15N3O3. The Morgan fingerprint density at radius 1 is 1.08 bits per heavy atom. The first-order valence-electron chi connectivity index (χ1n) is 7.83. The number of hydrogen-bond donors (Lipinski definition) is 1. The maximum absolute atomic E-state index is 12.6. The Morgan fingerprint density at radius 2 is 1.92 bits per heavy atom. The van der Waals surface area contributed by atoms with Crippen LogP contribution < -0.4 is 14.8 Å². The number of amides is 1. The van der Waals surface area contributed by atoms with Crippen molar-refractivity contribution in [2.45, 2.75) is 6.54 Å². The summed E-state index contributed by atoms with van der Waals surface area (Å²) in [4.78, 5) is 20.8. The number of nitrogens with one attached hydrogen (secondary N) is 1. The van der Waals surface area contributed by atoms with Crippen molar-refractivity contribution in [3.05, 3.63) is 72.2 Å². The lowest BCUT2D eigenvalue weighted by Crippen LogP contribution is -2.24. The number of nitrogens with zero attached hydrogens (tertiary/aromatic N) is 2. The van der Waals surface area contributed by atoms with Crippen molar-refractivity contribution in [1.29, 1.82) is 0 Å². The van der Waals surface area contributed by atoms with Crippen molar-refractivity contribution in [3.8, 4) is 22.8 Å². The van der Waals surface area contributed by atoms with E-state index in [9.17, 15) is 4.79 Å². The standard InChI is InChI=1S/C19H15N3O3/c23-19(21-9-13-6-7-16-17(8-13)25-12-24-16)15-10-20-11-22-18(15)14-4-2-1-3-5-14/h1-8,10-11H,9,12H2,(H,21,23). The van der Waals surface area contributed by atoms with Gasteiger partial charge in [0.15, 0.2) is 11.5 Å². The lowest BCUT2D eigenvalue weighted by atomic mass is 10.1. The summed E-state index contributed by atoms with van der Waals surface area (Å²) in [6.07, 6.45) is 2.97. The van der Waals surface area contributed by atoms with E-state index in [1.807, 2.05) is 48.5 Å². The Balaban J connectivity index is 1.52. The average molecular weight is 333 g/mol. The molecule has 1 N–H and O–H groups in total. The number of ether oxygens (including phenoxy) is 2. The highest BCUT2D eigenvalue weighted by Gasteiger charge is 2.16. The van der Waals surface area contributed by atoms with Crippen LogP contribution in [0.3, 0.4) is 0 Å². The molecule has 1 aromatic heterocycles. The highest BCUT2D eigenvalue weighted by Crippen LogP contribution is 2.32. The first-order valence-corrected chi connectivity index (χ1v) is 7.83. The lowest BCUT2D eigenvalue weighted by molar-refractivity contribution is 0.0951. The molecule has 0 saturated heterocycles. The molecule has 0 aliphatic carbocycles. The van der Waals surface area contributed by atoms with E-state index in [0.717, 1.165) is 16.9 Å². The fourth-order valence-corrected chi connectivity index (χ4v) is 2.65. The van der Waals surface area contributed by atoms with Gasteiger partial charge in [0.25, 0.3) is 5.91 Å². The third kappa shape index (κ3) is 3.14. The zero-order valence-corrected chi connectivity index (χ0v) is 13.3. The van der Waals surface area contributed by atoms with Gasteiger partial charge in [0.2, 0.25) is 6.79 Å². The average Bonchev–Trinajstić information content (AvgIpc) is 3.14. The van der Waals surface area contributed by atoms with Gasteiger partial charge in [0.05, 0.1) is 11.3 Å². The van der Waals surface area contributed by atoms with Crippen LogP contribution in [0.4, 0.5) is 0 Å². The maximum Gasteiger partial charge on any atom is 0.255 e. The third-order valence-corrected chi connectivity index (χ3v) is 3.89. The molecular weight excluding hydrogens is 318 g/mol. The van der Waals surface area contributed by atoms with E-state index in [1.54, 1.807) is 0 Å². The summed E-state index contributed by atoms with van der Waals surface area (Å²) in [5.41, 5.74) is 2.85. The van der Waals surface area contributed by atoms with Gasteiger partial charge in [-0.3, -0.25) is 4.79 Å². The summed E-state index contributed by atoms with van der Waals surface area (Å²) < 4.78 is 10.6. The minimum atomic E-state index is -0.225. The molecule has 1 aliphatic heterocycles. The van der Waals surface area contributed by atoms with Crippen molar-refractivity contribution in [1.82, 2.24) is 15.3 Å². The number of fused-ring (bicyclic) bond motifs is 1. The summed E-state index contributed by atoms with van der Waals surface area (Å²) in [7, 11) is 0. The van der Waals surface area contributed by atoms with Crippen molar-refractivity contribution in [2.24, 2.45) is 0 Å². The van der Waals surface area contributed by atoms with E-state index in [1.165, 1.54) is 12.5 Å². The summed E-state index contributed by atoms with van der Waals surface area (Å²) >= 11 is 0. The minimum Gasteiger partial charge on any atom is -0.454 e. The quantitative estimate of drug-likeness (QED) is 0.795. The van der Waals surface area contributed by atoms with Crippen LogP contribution in [-0.4, -0.2) is 22.7 Å². The first kappa shape index (κ1) is 15.1. The Morgan fingerprint density at radius 3 is 2.80 bits per heavy atom. The molecule has 1 amide bonds. The summed E-state index contributed by atoms with van der Waals surface area (Å²) in [6, 6.07) is 15.2. The smallest absolute Gasteiger partial charge is 0.255 e. The highest BCUT2D eigenvalue weighted by atomic mass is 16.7. The van der Waals surface area contributed by atoms with Gasteiger partial charge in [0, 0.05) is 18.3 Å². The number of carbonyl (C=O) groups excluding carboxylic acids is 1. The van der Waals surface area contributed by atoms with Crippen LogP contribution in [0, 0.1) is 0 Å². The topological polar surface area (TPSA) is 73.3 Å². The molecule has 3 aromatic rings. The van der Waals surface area contributed by atoms with Gasteiger partial charge in [-0.15, -0.1) is 0 Å². The van der Waals surface area contributed by atoms with Gasteiger partial charge in [0.1, 0.15) is 6.33 Å². The van der Waals surface area contributed by atoms with E-state index < -0.39 is 0 Å².